The second-order valence-corrected chi connectivity index (χ2v) is 3.04. The predicted octanol–water partition coefficient (Wildman–Crippen LogP) is 2.08. The Morgan fingerprint density at radius 3 is 2.57 bits per heavy atom. The van der Waals surface area contributed by atoms with Gasteiger partial charge < -0.3 is 4.74 Å². The van der Waals surface area contributed by atoms with Crippen LogP contribution >= 0.6 is 0 Å². The van der Waals surface area contributed by atoms with Crippen molar-refractivity contribution < 1.29 is 9.53 Å². The first-order valence-electron chi connectivity index (χ1n) is 4.19. The molecule has 3 nitrogen and oxygen atoms in total. The molecule has 3 heteroatoms. The molecule has 14 heavy (non-hydrogen) atoms. The molecular weight excluding hydrogens is 178 g/mol. The topological polar surface area (TPSA) is 50.1 Å². The van der Waals surface area contributed by atoms with E-state index in [1.165, 1.54) is 14.0 Å². The average Bonchev–Trinajstić information content (AvgIpc) is 2.16. The number of carbonyl (C=O) groups excluding carboxylic acids is 1. The molecule has 0 amide bonds. The third-order valence-corrected chi connectivity index (χ3v) is 2.05. The lowest BCUT2D eigenvalue weighted by molar-refractivity contribution is 0.101. The largest absolute Gasteiger partial charge is 0.495 e. The summed E-state index contributed by atoms with van der Waals surface area (Å²) in [4.78, 5) is 11.2. The maximum atomic E-state index is 11.2. The molecule has 0 radical (unpaired) electrons. The number of methoxy groups -OCH3 is 1. The summed E-state index contributed by atoms with van der Waals surface area (Å²) in [5.74, 6) is 0.425. The van der Waals surface area contributed by atoms with E-state index in [0.29, 0.717) is 16.9 Å². The Balaban J connectivity index is 3.39. The Hall–Kier alpha value is -1.82. The number of hydrogen-bond acceptors (Lipinski definition) is 3. The number of ketones is 1. The van der Waals surface area contributed by atoms with Crippen molar-refractivity contribution in [3.63, 3.8) is 0 Å². The summed E-state index contributed by atoms with van der Waals surface area (Å²) in [6.45, 7) is 3.30. The minimum atomic E-state index is -0.0229. The number of rotatable bonds is 2. The first-order chi connectivity index (χ1) is 6.60. The van der Waals surface area contributed by atoms with Crippen molar-refractivity contribution in [1.29, 1.82) is 5.26 Å². The van der Waals surface area contributed by atoms with Crippen molar-refractivity contribution in [2.45, 2.75) is 13.8 Å². The monoisotopic (exact) mass is 189 g/mol. The third kappa shape index (κ3) is 1.74. The zero-order chi connectivity index (χ0) is 10.7. The van der Waals surface area contributed by atoms with Gasteiger partial charge in [0.25, 0.3) is 0 Å². The zero-order valence-corrected chi connectivity index (χ0v) is 8.42. The lowest BCUT2D eigenvalue weighted by atomic mass is 10.0. The van der Waals surface area contributed by atoms with E-state index < -0.39 is 0 Å². The van der Waals surface area contributed by atoms with Crippen molar-refractivity contribution in [2.24, 2.45) is 0 Å². The van der Waals surface area contributed by atoms with Gasteiger partial charge in [-0.15, -0.1) is 0 Å². The molecule has 1 aromatic rings. The molecular formula is C11H11NO2. The fourth-order valence-corrected chi connectivity index (χ4v) is 1.32. The van der Waals surface area contributed by atoms with Gasteiger partial charge in [-0.25, -0.2) is 0 Å². The van der Waals surface area contributed by atoms with E-state index in [0.717, 1.165) is 5.56 Å². The Kier molecular flexibility index (Phi) is 2.88. The van der Waals surface area contributed by atoms with Crippen molar-refractivity contribution in [1.82, 2.24) is 0 Å². The summed E-state index contributed by atoms with van der Waals surface area (Å²) in [7, 11) is 1.48. The molecule has 0 aromatic heterocycles. The summed E-state index contributed by atoms with van der Waals surface area (Å²) in [5, 5.41) is 8.79. The fraction of sp³-hybridized carbons (Fsp3) is 0.273. The van der Waals surface area contributed by atoms with Gasteiger partial charge in [0, 0.05) is 5.56 Å². The maximum Gasteiger partial charge on any atom is 0.160 e. The van der Waals surface area contributed by atoms with Gasteiger partial charge in [-0.2, -0.15) is 5.26 Å². The van der Waals surface area contributed by atoms with Gasteiger partial charge in [0.2, 0.25) is 0 Å². The van der Waals surface area contributed by atoms with Crippen LogP contribution in [0.2, 0.25) is 0 Å². The number of nitriles is 1. The average molecular weight is 189 g/mol. The zero-order valence-electron chi connectivity index (χ0n) is 8.42. The number of Topliss-reactive ketones (excluding diaryl/α,β-unsaturated/α-hetero) is 1. The summed E-state index contributed by atoms with van der Waals surface area (Å²) >= 11 is 0. The lowest BCUT2D eigenvalue weighted by Gasteiger charge is -2.07. The molecule has 0 aliphatic rings. The molecule has 1 rings (SSSR count). The molecule has 0 fully saturated rings. The van der Waals surface area contributed by atoms with Gasteiger partial charge >= 0.3 is 0 Å². The first kappa shape index (κ1) is 10.3. The lowest BCUT2D eigenvalue weighted by Crippen LogP contribution is -1.99. The van der Waals surface area contributed by atoms with Crippen LogP contribution in [0.25, 0.3) is 0 Å². The molecule has 0 saturated heterocycles. The van der Waals surface area contributed by atoms with Crippen molar-refractivity contribution in [3.05, 3.63) is 28.8 Å². The summed E-state index contributed by atoms with van der Waals surface area (Å²) in [5.41, 5.74) is 1.85. The Labute approximate surface area is 82.9 Å². The summed E-state index contributed by atoms with van der Waals surface area (Å²) in [6, 6.07) is 5.29. The SMILES string of the molecule is COc1cc(C(C)=O)c(C)cc1C#N. The second kappa shape index (κ2) is 3.93. The van der Waals surface area contributed by atoms with Crippen LogP contribution in [0.1, 0.15) is 28.4 Å². The Morgan fingerprint density at radius 2 is 2.14 bits per heavy atom. The van der Waals surface area contributed by atoms with E-state index >= 15 is 0 Å². The highest BCUT2D eigenvalue weighted by atomic mass is 16.5. The normalized spacial score (nSPS) is 9.29. The number of ether oxygens (including phenoxy) is 1. The third-order valence-electron chi connectivity index (χ3n) is 2.05. The molecule has 72 valence electrons. The van der Waals surface area contributed by atoms with Gasteiger partial charge in [-0.3, -0.25) is 4.79 Å². The van der Waals surface area contributed by atoms with Gasteiger partial charge in [0.05, 0.1) is 12.7 Å². The van der Waals surface area contributed by atoms with E-state index in [4.69, 9.17) is 10.00 Å². The van der Waals surface area contributed by atoms with Gasteiger partial charge in [0.1, 0.15) is 11.8 Å². The molecule has 0 unspecified atom stereocenters. The highest BCUT2D eigenvalue weighted by Gasteiger charge is 2.10. The van der Waals surface area contributed by atoms with E-state index in [1.54, 1.807) is 19.1 Å². The van der Waals surface area contributed by atoms with Crippen LogP contribution < -0.4 is 4.74 Å². The maximum absolute atomic E-state index is 11.2. The number of aryl methyl sites for hydroxylation is 1. The van der Waals surface area contributed by atoms with Gasteiger partial charge in [-0.1, -0.05) is 0 Å². The number of hydrogen-bond donors (Lipinski definition) is 0. The molecule has 0 bridgehead atoms. The second-order valence-electron chi connectivity index (χ2n) is 3.04. The molecule has 0 aliphatic carbocycles. The van der Waals surface area contributed by atoms with Crippen LogP contribution in [0.4, 0.5) is 0 Å². The number of nitrogens with zero attached hydrogens (tertiary/aromatic N) is 1. The molecule has 0 aliphatic heterocycles. The molecule has 1 aromatic carbocycles. The highest BCUT2D eigenvalue weighted by Crippen LogP contribution is 2.22. The quantitative estimate of drug-likeness (QED) is 0.669. The Morgan fingerprint density at radius 1 is 1.50 bits per heavy atom. The molecule has 0 spiro atoms. The van der Waals surface area contributed by atoms with E-state index in [9.17, 15) is 4.79 Å². The highest BCUT2D eigenvalue weighted by molar-refractivity contribution is 5.96. The van der Waals surface area contributed by atoms with Crippen LogP contribution in [-0.2, 0) is 0 Å². The minimum absolute atomic E-state index is 0.0229. The first-order valence-corrected chi connectivity index (χ1v) is 4.19. The van der Waals surface area contributed by atoms with Crippen LogP contribution in [0.15, 0.2) is 12.1 Å². The molecule has 0 atom stereocenters. The predicted molar refractivity (Wildman–Crippen MR) is 52.5 cm³/mol. The smallest absolute Gasteiger partial charge is 0.160 e. The van der Waals surface area contributed by atoms with Crippen molar-refractivity contribution >= 4 is 5.78 Å². The Bertz CT molecular complexity index is 416. The molecule has 0 heterocycles. The summed E-state index contributed by atoms with van der Waals surface area (Å²) in [6.07, 6.45) is 0. The van der Waals surface area contributed by atoms with Crippen LogP contribution in [-0.4, -0.2) is 12.9 Å². The van der Waals surface area contributed by atoms with Gasteiger partial charge in [0.15, 0.2) is 5.78 Å². The van der Waals surface area contributed by atoms with Crippen LogP contribution in [0, 0.1) is 18.3 Å². The van der Waals surface area contributed by atoms with Crippen molar-refractivity contribution in [3.8, 4) is 11.8 Å². The standard InChI is InChI=1S/C11H11NO2/c1-7-4-9(6-12)11(14-3)5-10(7)8(2)13/h4-5H,1-3H3. The van der Waals surface area contributed by atoms with Gasteiger partial charge in [-0.05, 0) is 31.5 Å². The summed E-state index contributed by atoms with van der Waals surface area (Å²) < 4.78 is 5.01. The number of carbonyl (C=O) groups is 1. The molecule has 0 N–H and O–H groups in total. The van der Waals surface area contributed by atoms with E-state index in [-0.39, 0.29) is 5.78 Å². The minimum Gasteiger partial charge on any atom is -0.495 e. The fourth-order valence-electron chi connectivity index (χ4n) is 1.32. The van der Waals surface area contributed by atoms with E-state index in [2.05, 4.69) is 0 Å². The van der Waals surface area contributed by atoms with Crippen LogP contribution in [0.3, 0.4) is 0 Å². The number of benzene rings is 1. The van der Waals surface area contributed by atoms with Crippen molar-refractivity contribution in [2.75, 3.05) is 7.11 Å². The van der Waals surface area contributed by atoms with E-state index in [1.807, 2.05) is 6.07 Å². The van der Waals surface area contributed by atoms with Crippen LogP contribution in [0.5, 0.6) is 5.75 Å². The molecule has 0 saturated carbocycles.